The summed E-state index contributed by atoms with van der Waals surface area (Å²) in [5.74, 6) is 0.298. The number of ether oxygens (including phenoxy) is 2. The lowest BCUT2D eigenvalue weighted by atomic mass is 10.2. The summed E-state index contributed by atoms with van der Waals surface area (Å²) in [5, 5.41) is 18.6. The number of fused-ring (bicyclic) bond motifs is 2. The summed E-state index contributed by atoms with van der Waals surface area (Å²) >= 11 is 0. The molecule has 0 fully saturated rings. The summed E-state index contributed by atoms with van der Waals surface area (Å²) in [4.78, 5) is 37.1. The van der Waals surface area contributed by atoms with Crippen LogP contribution >= 0.6 is 0 Å². The van der Waals surface area contributed by atoms with E-state index in [1.165, 1.54) is 11.0 Å². The summed E-state index contributed by atoms with van der Waals surface area (Å²) in [5.41, 5.74) is 6.18. The van der Waals surface area contributed by atoms with E-state index in [2.05, 4.69) is 10.2 Å². The highest BCUT2D eigenvalue weighted by Crippen LogP contribution is 2.20. The number of carbonyl (C=O) groups is 2. The molecule has 0 unspecified atom stereocenters. The molecule has 14 nitrogen and oxygen atoms in total. The molecule has 2 aromatic rings. The van der Waals surface area contributed by atoms with Gasteiger partial charge >= 0.3 is 18.0 Å². The molecule has 0 aromatic carbocycles. The van der Waals surface area contributed by atoms with Crippen LogP contribution in [0.1, 0.15) is 52.9 Å². The van der Waals surface area contributed by atoms with Gasteiger partial charge in [-0.15, -0.1) is 0 Å². The highest BCUT2D eigenvalue weighted by atomic mass is 16.6. The van der Waals surface area contributed by atoms with Crippen LogP contribution in [0.3, 0.4) is 0 Å². The molecule has 2 aromatic heterocycles. The largest absolute Gasteiger partial charge is 0.444 e. The second kappa shape index (κ2) is 10.0. The highest BCUT2D eigenvalue weighted by Gasteiger charge is 2.30. The predicted octanol–water partition coefficient (Wildman–Crippen LogP) is 2.76. The fraction of sp³-hybridized carbons (Fsp3) is 0.636. The molecule has 198 valence electrons. The Morgan fingerprint density at radius 2 is 1.31 bits per heavy atom. The number of rotatable bonds is 1. The third-order valence-corrected chi connectivity index (χ3v) is 5.09. The van der Waals surface area contributed by atoms with Crippen LogP contribution in [-0.2, 0) is 35.7 Å². The van der Waals surface area contributed by atoms with Crippen LogP contribution in [0, 0.1) is 10.1 Å². The first-order valence-electron chi connectivity index (χ1n) is 11.6. The Balaban J connectivity index is 0.000000202. The number of amides is 2. The van der Waals surface area contributed by atoms with Gasteiger partial charge in [-0.05, 0) is 46.5 Å². The zero-order valence-electron chi connectivity index (χ0n) is 21.6. The second-order valence-electron chi connectivity index (χ2n) is 10.6. The van der Waals surface area contributed by atoms with Crippen molar-refractivity contribution in [1.29, 1.82) is 0 Å². The van der Waals surface area contributed by atoms with Crippen molar-refractivity contribution >= 4 is 23.8 Å². The molecule has 0 atom stereocenters. The normalized spacial score (nSPS) is 15.3. The van der Waals surface area contributed by atoms with Gasteiger partial charge in [-0.1, -0.05) is 0 Å². The number of nitro groups is 1. The molecular weight excluding hydrogens is 472 g/mol. The average molecular weight is 507 g/mol. The van der Waals surface area contributed by atoms with Gasteiger partial charge in [-0.3, -0.25) is 4.68 Å². The fourth-order valence-electron chi connectivity index (χ4n) is 3.59. The zero-order valence-corrected chi connectivity index (χ0v) is 21.6. The van der Waals surface area contributed by atoms with E-state index in [4.69, 9.17) is 15.2 Å². The number of nitrogens with two attached hydrogens (primary N) is 1. The standard InChI is InChI=1S/C11H16N4O4.C11H18N4O2/c1-11(2,3)19-10(16)13-4-5-14-8(7-13)6-9(12-14)15(17)18;1-11(2,3)17-10(16)14-4-5-15-8(7-14)6-9(12)13-15/h6H,4-5,7H2,1-3H3;6H,4-5,7H2,1-3H3,(H2,12,13). The van der Waals surface area contributed by atoms with E-state index in [1.54, 1.807) is 36.4 Å². The summed E-state index contributed by atoms with van der Waals surface area (Å²) in [6.45, 7) is 13.9. The minimum absolute atomic E-state index is 0.193. The van der Waals surface area contributed by atoms with Crippen LogP contribution in [0.15, 0.2) is 12.1 Å². The van der Waals surface area contributed by atoms with Crippen molar-refractivity contribution in [2.24, 2.45) is 0 Å². The van der Waals surface area contributed by atoms with Crippen LogP contribution in [0.4, 0.5) is 21.2 Å². The highest BCUT2D eigenvalue weighted by molar-refractivity contribution is 5.68. The van der Waals surface area contributed by atoms with Gasteiger partial charge in [0.1, 0.15) is 17.0 Å². The van der Waals surface area contributed by atoms with E-state index < -0.39 is 22.2 Å². The molecule has 0 bridgehead atoms. The quantitative estimate of drug-likeness (QED) is 0.452. The molecule has 36 heavy (non-hydrogen) atoms. The second-order valence-corrected chi connectivity index (χ2v) is 10.6. The topological polar surface area (TPSA) is 164 Å². The van der Waals surface area contributed by atoms with Gasteiger partial charge in [0.15, 0.2) is 0 Å². The molecular formula is C22H34N8O6. The summed E-state index contributed by atoms with van der Waals surface area (Å²) in [6, 6.07) is 3.17. The maximum Gasteiger partial charge on any atom is 0.410 e. The molecule has 0 saturated carbocycles. The number of nitrogen functional groups attached to an aromatic ring is 1. The Morgan fingerprint density at radius 3 is 1.75 bits per heavy atom. The SMILES string of the molecule is CC(C)(C)OC(=O)N1CCn2nc(N)cc2C1.CC(C)(C)OC(=O)N1CCn2nc([N+](=O)[O-])cc2C1. The number of nitrogens with zero attached hydrogens (tertiary/aromatic N) is 7. The molecule has 4 heterocycles. The van der Waals surface area contributed by atoms with Crippen LogP contribution in [-0.4, -0.2) is 70.8 Å². The smallest absolute Gasteiger partial charge is 0.410 e. The first kappa shape index (κ1) is 26.8. The van der Waals surface area contributed by atoms with Crippen LogP contribution in [0.2, 0.25) is 0 Å². The fourth-order valence-corrected chi connectivity index (χ4v) is 3.59. The van der Waals surface area contributed by atoms with E-state index in [9.17, 15) is 19.7 Å². The predicted molar refractivity (Wildman–Crippen MR) is 129 cm³/mol. The first-order valence-corrected chi connectivity index (χ1v) is 11.6. The Morgan fingerprint density at radius 1 is 0.861 bits per heavy atom. The number of anilines is 1. The van der Waals surface area contributed by atoms with Crippen molar-refractivity contribution in [3.8, 4) is 0 Å². The van der Waals surface area contributed by atoms with Crippen molar-refractivity contribution in [3.63, 3.8) is 0 Å². The van der Waals surface area contributed by atoms with Crippen molar-refractivity contribution in [1.82, 2.24) is 29.4 Å². The average Bonchev–Trinajstić information content (AvgIpc) is 3.33. The lowest BCUT2D eigenvalue weighted by Gasteiger charge is -2.30. The molecule has 2 aliphatic rings. The van der Waals surface area contributed by atoms with Gasteiger partial charge < -0.3 is 35.1 Å². The third kappa shape index (κ3) is 7.09. The molecule has 0 spiro atoms. The molecule has 0 aliphatic carbocycles. The molecule has 2 N–H and O–H groups in total. The monoisotopic (exact) mass is 506 g/mol. The molecule has 0 radical (unpaired) electrons. The maximum atomic E-state index is 11.9. The minimum Gasteiger partial charge on any atom is -0.444 e. The van der Waals surface area contributed by atoms with E-state index in [0.29, 0.717) is 44.2 Å². The lowest BCUT2D eigenvalue weighted by molar-refractivity contribution is -0.389. The molecule has 4 rings (SSSR count). The lowest BCUT2D eigenvalue weighted by Crippen LogP contribution is -2.41. The van der Waals surface area contributed by atoms with E-state index in [-0.39, 0.29) is 18.5 Å². The van der Waals surface area contributed by atoms with E-state index >= 15 is 0 Å². The van der Waals surface area contributed by atoms with Crippen LogP contribution < -0.4 is 5.73 Å². The van der Waals surface area contributed by atoms with E-state index in [0.717, 1.165) is 5.69 Å². The molecule has 2 amide bonds. The number of aromatic nitrogens is 4. The number of carbonyl (C=O) groups excluding carboxylic acids is 2. The van der Waals surface area contributed by atoms with Crippen molar-refractivity contribution in [2.45, 2.75) is 78.9 Å². The van der Waals surface area contributed by atoms with Gasteiger partial charge in [0.05, 0.1) is 48.7 Å². The van der Waals surface area contributed by atoms with Gasteiger partial charge in [-0.2, -0.15) is 9.78 Å². The zero-order chi connectivity index (χ0) is 26.8. The molecule has 14 heteroatoms. The van der Waals surface area contributed by atoms with Gasteiger partial charge in [-0.25, -0.2) is 9.59 Å². The van der Waals surface area contributed by atoms with Gasteiger partial charge in [0.25, 0.3) is 0 Å². The van der Waals surface area contributed by atoms with Crippen molar-refractivity contribution in [3.05, 3.63) is 33.6 Å². The first-order chi connectivity index (χ1) is 16.6. The Labute approximate surface area is 209 Å². The summed E-state index contributed by atoms with van der Waals surface area (Å²) in [6.07, 6.45) is -0.703. The third-order valence-electron chi connectivity index (χ3n) is 5.09. The van der Waals surface area contributed by atoms with Gasteiger partial charge in [0, 0.05) is 19.2 Å². The minimum atomic E-state index is -0.555. The van der Waals surface area contributed by atoms with Crippen LogP contribution in [0.25, 0.3) is 0 Å². The maximum absolute atomic E-state index is 11.9. The van der Waals surface area contributed by atoms with E-state index in [1.807, 2.05) is 25.5 Å². The molecule has 0 saturated heterocycles. The summed E-state index contributed by atoms with van der Waals surface area (Å²) < 4.78 is 14.0. The number of hydrogen-bond donors (Lipinski definition) is 1. The van der Waals surface area contributed by atoms with Gasteiger partial charge in [0.2, 0.25) is 0 Å². The Bertz CT molecular complexity index is 1130. The molecule has 2 aliphatic heterocycles. The van der Waals surface area contributed by atoms with Crippen molar-refractivity contribution < 1.29 is 24.0 Å². The van der Waals surface area contributed by atoms with Crippen molar-refractivity contribution in [2.75, 3.05) is 18.8 Å². The summed E-state index contributed by atoms with van der Waals surface area (Å²) in [7, 11) is 0. The Kier molecular flexibility index (Phi) is 7.46. The Hall–Kier alpha value is -3.84. The van der Waals surface area contributed by atoms with Crippen LogP contribution in [0.5, 0.6) is 0 Å². The number of hydrogen-bond acceptors (Lipinski definition) is 9.